The molecule has 0 radical (unpaired) electrons. The fourth-order valence-electron chi connectivity index (χ4n) is 1.52. The minimum absolute atomic E-state index is 0.146. The summed E-state index contributed by atoms with van der Waals surface area (Å²) in [6.45, 7) is 1.26. The van der Waals surface area contributed by atoms with Gasteiger partial charge in [0.25, 0.3) is 6.43 Å². The molecule has 0 amide bonds. The average molecular weight is 309 g/mol. The van der Waals surface area contributed by atoms with Gasteiger partial charge in [0.2, 0.25) is 0 Å². The molecule has 0 saturated heterocycles. The van der Waals surface area contributed by atoms with Gasteiger partial charge in [0.15, 0.2) is 0 Å². The molecule has 0 N–H and O–H groups in total. The van der Waals surface area contributed by atoms with E-state index in [0.717, 1.165) is 0 Å². The SMILES string of the molecule is CCOC(=O)c1c(C#N)cc(OC(F)(F)F)cc1C(F)F. The van der Waals surface area contributed by atoms with Crippen molar-refractivity contribution in [2.24, 2.45) is 0 Å². The molecular formula is C12H8F5NO3. The highest BCUT2D eigenvalue weighted by atomic mass is 19.4. The van der Waals surface area contributed by atoms with E-state index in [1.807, 2.05) is 0 Å². The van der Waals surface area contributed by atoms with Crippen LogP contribution >= 0.6 is 0 Å². The number of halogens is 5. The molecule has 0 bridgehead atoms. The molecule has 1 aromatic carbocycles. The van der Waals surface area contributed by atoms with Crippen molar-refractivity contribution in [1.82, 2.24) is 0 Å². The van der Waals surface area contributed by atoms with Crippen molar-refractivity contribution < 1.29 is 36.2 Å². The fraction of sp³-hybridized carbons (Fsp3) is 0.333. The normalized spacial score (nSPS) is 11.1. The summed E-state index contributed by atoms with van der Waals surface area (Å²) in [5.41, 5.74) is -2.53. The van der Waals surface area contributed by atoms with Crippen LogP contribution in [0.2, 0.25) is 0 Å². The van der Waals surface area contributed by atoms with Gasteiger partial charge in [-0.15, -0.1) is 13.2 Å². The molecule has 4 nitrogen and oxygen atoms in total. The van der Waals surface area contributed by atoms with E-state index in [1.54, 1.807) is 0 Å². The number of carbonyl (C=O) groups excluding carboxylic acids is 1. The Morgan fingerprint density at radius 3 is 2.43 bits per heavy atom. The third-order valence-corrected chi connectivity index (χ3v) is 2.21. The minimum atomic E-state index is -5.11. The quantitative estimate of drug-likeness (QED) is 0.630. The number of rotatable bonds is 4. The average Bonchev–Trinajstić information content (AvgIpc) is 2.35. The van der Waals surface area contributed by atoms with E-state index in [1.165, 1.54) is 13.0 Å². The van der Waals surface area contributed by atoms with Crippen LogP contribution in [-0.4, -0.2) is 18.9 Å². The number of hydrogen-bond acceptors (Lipinski definition) is 4. The fourth-order valence-corrected chi connectivity index (χ4v) is 1.52. The van der Waals surface area contributed by atoms with E-state index < -0.39 is 41.2 Å². The van der Waals surface area contributed by atoms with Crippen LogP contribution in [0.25, 0.3) is 0 Å². The lowest BCUT2D eigenvalue weighted by molar-refractivity contribution is -0.274. The molecule has 0 fully saturated rings. The highest BCUT2D eigenvalue weighted by Gasteiger charge is 2.33. The molecule has 21 heavy (non-hydrogen) atoms. The molecule has 0 heterocycles. The largest absolute Gasteiger partial charge is 0.573 e. The Morgan fingerprint density at radius 2 is 2.00 bits per heavy atom. The van der Waals surface area contributed by atoms with Crippen molar-refractivity contribution in [1.29, 1.82) is 5.26 Å². The van der Waals surface area contributed by atoms with Gasteiger partial charge in [-0.3, -0.25) is 0 Å². The molecule has 0 aliphatic rings. The molecule has 0 saturated carbocycles. The Hall–Kier alpha value is -2.37. The summed E-state index contributed by atoms with van der Waals surface area (Å²) in [7, 11) is 0. The maximum Gasteiger partial charge on any atom is 0.573 e. The highest BCUT2D eigenvalue weighted by Crippen LogP contribution is 2.33. The van der Waals surface area contributed by atoms with Gasteiger partial charge in [0, 0.05) is 5.56 Å². The van der Waals surface area contributed by atoms with Crippen LogP contribution < -0.4 is 4.74 Å². The molecule has 1 rings (SSSR count). The first-order chi connectivity index (χ1) is 9.69. The summed E-state index contributed by atoms with van der Waals surface area (Å²) in [6.07, 6.45) is -8.40. The zero-order valence-corrected chi connectivity index (χ0v) is 10.5. The van der Waals surface area contributed by atoms with Crippen molar-refractivity contribution in [3.05, 3.63) is 28.8 Å². The van der Waals surface area contributed by atoms with E-state index in [9.17, 15) is 26.7 Å². The molecule has 0 aliphatic carbocycles. The van der Waals surface area contributed by atoms with Gasteiger partial charge < -0.3 is 9.47 Å². The number of nitrogens with zero attached hydrogens (tertiary/aromatic N) is 1. The van der Waals surface area contributed by atoms with Gasteiger partial charge >= 0.3 is 12.3 Å². The summed E-state index contributed by atoms with van der Waals surface area (Å²) >= 11 is 0. The maximum absolute atomic E-state index is 12.9. The van der Waals surface area contributed by atoms with Gasteiger partial charge in [-0.25, -0.2) is 13.6 Å². The molecule has 0 atom stereocenters. The first-order valence-corrected chi connectivity index (χ1v) is 5.48. The van der Waals surface area contributed by atoms with E-state index in [2.05, 4.69) is 9.47 Å². The lowest BCUT2D eigenvalue weighted by atomic mass is 10.0. The molecule has 0 aliphatic heterocycles. The number of alkyl halides is 5. The number of carbonyl (C=O) groups is 1. The molecule has 0 aromatic heterocycles. The molecule has 114 valence electrons. The van der Waals surface area contributed by atoms with Crippen LogP contribution in [0.1, 0.15) is 34.8 Å². The van der Waals surface area contributed by atoms with Gasteiger partial charge in [-0.2, -0.15) is 5.26 Å². The third kappa shape index (κ3) is 4.30. The molecule has 9 heteroatoms. The first-order valence-electron chi connectivity index (χ1n) is 5.48. The van der Waals surface area contributed by atoms with Crippen molar-refractivity contribution in [2.45, 2.75) is 19.7 Å². The third-order valence-electron chi connectivity index (χ3n) is 2.21. The minimum Gasteiger partial charge on any atom is -0.462 e. The second-order valence-corrected chi connectivity index (χ2v) is 3.62. The predicted octanol–water partition coefficient (Wildman–Crippen LogP) is 3.57. The Balaban J connectivity index is 3.44. The summed E-state index contributed by atoms with van der Waals surface area (Å²) in [4.78, 5) is 11.6. The zero-order valence-electron chi connectivity index (χ0n) is 10.5. The van der Waals surface area contributed by atoms with Crippen LogP contribution in [-0.2, 0) is 4.74 Å². The monoisotopic (exact) mass is 309 g/mol. The van der Waals surface area contributed by atoms with Gasteiger partial charge in [0.1, 0.15) is 11.8 Å². The van der Waals surface area contributed by atoms with Crippen LogP contribution in [0.15, 0.2) is 12.1 Å². The topological polar surface area (TPSA) is 59.3 Å². The molecule has 0 unspecified atom stereocenters. The smallest absolute Gasteiger partial charge is 0.462 e. The summed E-state index contributed by atoms with van der Waals surface area (Å²) in [5, 5.41) is 8.83. The number of ether oxygens (including phenoxy) is 2. The van der Waals surface area contributed by atoms with E-state index in [4.69, 9.17) is 5.26 Å². The molecule has 0 spiro atoms. The van der Waals surface area contributed by atoms with E-state index in [-0.39, 0.29) is 6.61 Å². The van der Waals surface area contributed by atoms with Crippen LogP contribution in [0.5, 0.6) is 5.75 Å². The zero-order chi connectivity index (χ0) is 16.2. The standard InChI is InChI=1S/C12H8F5NO3/c1-2-20-11(19)9-6(5-18)3-7(21-12(15,16)17)4-8(9)10(13)14/h3-4,10H,2H2,1H3. The van der Waals surface area contributed by atoms with Crippen LogP contribution in [0.4, 0.5) is 22.0 Å². The summed E-state index contributed by atoms with van der Waals surface area (Å²) in [5.74, 6) is -2.23. The number of esters is 1. The lowest BCUT2D eigenvalue weighted by Gasteiger charge is -2.14. The van der Waals surface area contributed by atoms with Crippen molar-refractivity contribution >= 4 is 5.97 Å². The van der Waals surface area contributed by atoms with Gasteiger partial charge in [-0.1, -0.05) is 0 Å². The second kappa shape index (κ2) is 6.39. The highest BCUT2D eigenvalue weighted by molar-refractivity contribution is 5.94. The Morgan fingerprint density at radius 1 is 1.38 bits per heavy atom. The molecular weight excluding hydrogens is 301 g/mol. The number of nitriles is 1. The Kier molecular flexibility index (Phi) is 5.07. The van der Waals surface area contributed by atoms with Crippen molar-refractivity contribution in [3.8, 4) is 11.8 Å². The van der Waals surface area contributed by atoms with Gasteiger partial charge in [-0.05, 0) is 19.1 Å². The summed E-state index contributed by atoms with van der Waals surface area (Å²) in [6, 6.07) is 2.27. The first kappa shape index (κ1) is 16.7. The van der Waals surface area contributed by atoms with Gasteiger partial charge in [0.05, 0.1) is 17.7 Å². The lowest BCUT2D eigenvalue weighted by Crippen LogP contribution is -2.18. The van der Waals surface area contributed by atoms with E-state index >= 15 is 0 Å². The maximum atomic E-state index is 12.9. The molecule has 1 aromatic rings. The van der Waals surface area contributed by atoms with Crippen molar-refractivity contribution in [3.63, 3.8) is 0 Å². The van der Waals surface area contributed by atoms with Crippen LogP contribution in [0, 0.1) is 11.3 Å². The predicted molar refractivity (Wildman–Crippen MR) is 58.8 cm³/mol. The van der Waals surface area contributed by atoms with E-state index in [0.29, 0.717) is 12.1 Å². The van der Waals surface area contributed by atoms with Crippen molar-refractivity contribution in [2.75, 3.05) is 6.61 Å². The number of benzene rings is 1. The second-order valence-electron chi connectivity index (χ2n) is 3.62. The Bertz CT molecular complexity index is 577. The Labute approximate surface area is 115 Å². The summed E-state index contributed by atoms with van der Waals surface area (Å²) < 4.78 is 70.1. The van der Waals surface area contributed by atoms with Crippen LogP contribution in [0.3, 0.4) is 0 Å². The number of hydrogen-bond donors (Lipinski definition) is 0.